The first-order valence-corrected chi connectivity index (χ1v) is 7.96. The molecule has 5 N–H and O–H groups in total. The molecular weight excluding hydrogens is 322 g/mol. The zero-order valence-corrected chi connectivity index (χ0v) is 14.3. The molecule has 0 bridgehead atoms. The molecule has 0 aliphatic carbocycles. The van der Waals surface area contributed by atoms with Gasteiger partial charge in [0.05, 0.1) is 23.6 Å². The summed E-state index contributed by atoms with van der Waals surface area (Å²) in [6, 6.07) is 9.35. The molecule has 8 heteroatoms. The van der Waals surface area contributed by atoms with Crippen molar-refractivity contribution in [3.8, 4) is 0 Å². The van der Waals surface area contributed by atoms with Crippen molar-refractivity contribution >= 4 is 23.6 Å². The van der Waals surface area contributed by atoms with E-state index in [-0.39, 0.29) is 36.3 Å². The number of anilines is 1. The van der Waals surface area contributed by atoms with Gasteiger partial charge in [-0.15, -0.1) is 4.98 Å². The molecule has 0 saturated carbocycles. The van der Waals surface area contributed by atoms with Gasteiger partial charge in [-0.05, 0) is 32.4 Å². The Morgan fingerprint density at radius 3 is 2.72 bits per heavy atom. The summed E-state index contributed by atoms with van der Waals surface area (Å²) in [7, 11) is 0. The number of carbonyl (C=O) groups is 1. The lowest BCUT2D eigenvalue weighted by atomic mass is 10.1. The third kappa shape index (κ3) is 5.45. The number of guanidine groups is 1. The fourth-order valence-corrected chi connectivity index (χ4v) is 2.26. The van der Waals surface area contributed by atoms with Gasteiger partial charge in [0.15, 0.2) is 0 Å². The molecule has 0 unspecified atom stereocenters. The van der Waals surface area contributed by atoms with Crippen molar-refractivity contribution in [2.75, 3.05) is 11.9 Å². The van der Waals surface area contributed by atoms with Crippen molar-refractivity contribution < 1.29 is 14.5 Å². The first kappa shape index (κ1) is 18.2. The van der Waals surface area contributed by atoms with Crippen molar-refractivity contribution in [3.05, 3.63) is 51.9 Å². The van der Waals surface area contributed by atoms with Crippen LogP contribution in [0.3, 0.4) is 0 Å². The van der Waals surface area contributed by atoms with Gasteiger partial charge in [0.25, 0.3) is 11.5 Å². The maximum atomic E-state index is 12.2. The van der Waals surface area contributed by atoms with Crippen LogP contribution in [0.15, 0.2) is 35.1 Å². The van der Waals surface area contributed by atoms with Gasteiger partial charge in [-0.1, -0.05) is 18.2 Å². The molecular formula is C17H22N5O3+. The molecule has 0 amide bonds. The molecule has 2 rings (SSSR count). The lowest BCUT2D eigenvalue weighted by Crippen LogP contribution is -2.73. The minimum atomic E-state index is -0.340. The van der Waals surface area contributed by atoms with Gasteiger partial charge in [-0.3, -0.25) is 14.9 Å². The van der Waals surface area contributed by atoms with E-state index in [4.69, 9.17) is 10.5 Å². The number of para-hydroxylation sites is 1. The normalized spacial score (nSPS) is 11.2. The predicted octanol–water partition coefficient (Wildman–Crippen LogP) is -0.287. The second-order valence-electron chi connectivity index (χ2n) is 5.31. The lowest BCUT2D eigenvalue weighted by Gasteiger charge is -2.04. The van der Waals surface area contributed by atoms with Crippen molar-refractivity contribution in [2.24, 2.45) is 5.73 Å². The third-order valence-electron chi connectivity index (χ3n) is 3.41. The number of hydrogen-bond acceptors (Lipinski definition) is 4. The summed E-state index contributed by atoms with van der Waals surface area (Å²) in [6.45, 7) is 3.77. The summed E-state index contributed by atoms with van der Waals surface area (Å²) in [5.74, 6) is 0.115. The van der Waals surface area contributed by atoms with Crippen molar-refractivity contribution in [1.29, 1.82) is 0 Å². The number of ether oxygens (including phenoxy) is 1. The lowest BCUT2D eigenvalue weighted by molar-refractivity contribution is -0.365. The molecule has 0 atom stereocenters. The van der Waals surface area contributed by atoms with Gasteiger partial charge >= 0.3 is 11.9 Å². The number of nitrogens with one attached hydrogen (secondary N) is 3. The summed E-state index contributed by atoms with van der Waals surface area (Å²) in [6.07, 6.45) is 0.408. The number of nitrogens with zero attached hydrogens (tertiary/aromatic N) is 1. The largest absolute Gasteiger partial charge is 0.466 e. The highest BCUT2D eigenvalue weighted by Crippen LogP contribution is 2.04. The van der Waals surface area contributed by atoms with Gasteiger partial charge < -0.3 is 10.5 Å². The summed E-state index contributed by atoms with van der Waals surface area (Å²) in [5.41, 5.74) is 7.35. The van der Waals surface area contributed by atoms with E-state index in [1.807, 2.05) is 30.3 Å². The number of nitrogens with two attached hydrogens (primary N) is 1. The Labute approximate surface area is 145 Å². The number of benzene rings is 1. The number of carbonyl (C=O) groups excluding carboxylic acids is 1. The quantitative estimate of drug-likeness (QED) is 0.324. The molecule has 1 heterocycles. The highest BCUT2D eigenvalue weighted by Gasteiger charge is 2.14. The highest BCUT2D eigenvalue weighted by atomic mass is 16.5. The summed E-state index contributed by atoms with van der Waals surface area (Å²) in [4.78, 5) is 33.4. The molecule has 0 aliphatic rings. The average molecular weight is 344 g/mol. The van der Waals surface area contributed by atoms with E-state index in [0.717, 1.165) is 5.69 Å². The van der Waals surface area contributed by atoms with Crippen LogP contribution in [0.5, 0.6) is 0 Å². The number of hydrogen-bond donors (Lipinski definition) is 4. The van der Waals surface area contributed by atoms with E-state index in [2.05, 4.69) is 20.3 Å². The van der Waals surface area contributed by atoms with E-state index in [1.165, 1.54) is 0 Å². The first-order valence-electron chi connectivity index (χ1n) is 7.96. The smallest absolute Gasteiger partial charge is 0.325 e. The Morgan fingerprint density at radius 2 is 2.08 bits per heavy atom. The van der Waals surface area contributed by atoms with Crippen LogP contribution in [0, 0.1) is 6.92 Å². The van der Waals surface area contributed by atoms with Gasteiger partial charge in [-0.2, -0.15) is 0 Å². The molecule has 0 radical (unpaired) electrons. The molecule has 0 spiro atoms. The highest BCUT2D eigenvalue weighted by molar-refractivity contribution is 5.88. The Balaban J connectivity index is 2.11. The van der Waals surface area contributed by atoms with Crippen molar-refractivity contribution in [3.63, 3.8) is 0 Å². The van der Waals surface area contributed by atoms with Gasteiger partial charge in [-0.25, -0.2) is 9.98 Å². The molecule has 0 aliphatic heterocycles. The fourth-order valence-electron chi connectivity index (χ4n) is 2.26. The van der Waals surface area contributed by atoms with E-state index in [9.17, 15) is 9.59 Å². The van der Waals surface area contributed by atoms with Crippen LogP contribution in [0.2, 0.25) is 0 Å². The summed E-state index contributed by atoms with van der Waals surface area (Å²) >= 11 is 0. The maximum absolute atomic E-state index is 12.2. The van der Waals surface area contributed by atoms with E-state index in [1.54, 1.807) is 13.8 Å². The zero-order chi connectivity index (χ0) is 18.2. The minimum absolute atomic E-state index is 0.135. The molecule has 1 aromatic heterocycles. The van der Waals surface area contributed by atoms with Crippen LogP contribution in [-0.2, 0) is 16.0 Å². The van der Waals surface area contributed by atoms with Crippen molar-refractivity contribution in [2.45, 2.75) is 26.7 Å². The molecule has 2 aromatic rings. The van der Waals surface area contributed by atoms with E-state index < -0.39 is 0 Å². The summed E-state index contributed by atoms with van der Waals surface area (Å²) < 4.78 is 4.86. The van der Waals surface area contributed by atoms with Gasteiger partial charge in [0, 0.05) is 6.42 Å². The summed E-state index contributed by atoms with van der Waals surface area (Å²) in [5, 5.41) is 2.96. The predicted molar refractivity (Wildman–Crippen MR) is 94.4 cm³/mol. The van der Waals surface area contributed by atoms with Crippen LogP contribution in [0.1, 0.15) is 24.6 Å². The van der Waals surface area contributed by atoms with Crippen LogP contribution in [-0.4, -0.2) is 28.5 Å². The molecule has 0 saturated heterocycles. The molecule has 8 nitrogen and oxygen atoms in total. The van der Waals surface area contributed by atoms with E-state index in [0.29, 0.717) is 17.9 Å². The van der Waals surface area contributed by atoms with Crippen LogP contribution in [0.4, 0.5) is 11.6 Å². The minimum Gasteiger partial charge on any atom is -0.466 e. The maximum Gasteiger partial charge on any atom is 0.325 e. The zero-order valence-electron chi connectivity index (χ0n) is 14.3. The number of rotatable bonds is 6. The van der Waals surface area contributed by atoms with Gasteiger partial charge in [0.1, 0.15) is 0 Å². The third-order valence-corrected chi connectivity index (χ3v) is 3.41. The SMILES string of the molecule is CCOC(=O)CCc1c(C)nc([NH+]=C(N)Nc2ccccc2)[nH]c1=O. The van der Waals surface area contributed by atoms with Crippen LogP contribution in [0.25, 0.3) is 0 Å². The fraction of sp³-hybridized carbons (Fsp3) is 0.294. The second kappa shape index (κ2) is 8.62. The molecule has 1 aromatic carbocycles. The standard InChI is InChI=1S/C17H21N5O3/c1-3-25-14(23)10-9-13-11(2)19-17(21-15(13)24)22-16(18)20-12-7-5-4-6-8-12/h4-8H,3,9-10H2,1-2H3,(H4,18,19,20,21,22,24)/p+1. The number of aryl methyl sites for hydroxylation is 1. The molecule has 132 valence electrons. The van der Waals surface area contributed by atoms with Gasteiger partial charge in [0.2, 0.25) is 0 Å². The number of esters is 1. The van der Waals surface area contributed by atoms with Crippen LogP contribution < -0.4 is 21.6 Å². The molecule has 0 fully saturated rings. The number of aromatic amines is 1. The Bertz CT molecular complexity index is 815. The average Bonchev–Trinajstić information content (AvgIpc) is 2.55. The number of aromatic nitrogens is 2. The Hall–Kier alpha value is -3.16. The van der Waals surface area contributed by atoms with Crippen molar-refractivity contribution in [1.82, 2.24) is 9.97 Å². The van der Waals surface area contributed by atoms with Crippen LogP contribution >= 0.6 is 0 Å². The topological polar surface area (TPSA) is 124 Å². The number of H-pyrrole nitrogens is 1. The second-order valence-corrected chi connectivity index (χ2v) is 5.31. The first-order chi connectivity index (χ1) is 12.0. The molecule has 25 heavy (non-hydrogen) atoms. The Morgan fingerprint density at radius 1 is 1.36 bits per heavy atom. The Kier molecular flexibility index (Phi) is 6.27. The monoisotopic (exact) mass is 344 g/mol. The van der Waals surface area contributed by atoms with E-state index >= 15 is 0 Å².